The summed E-state index contributed by atoms with van der Waals surface area (Å²) >= 11 is 0. The molecule has 0 radical (unpaired) electrons. The van der Waals surface area contributed by atoms with Gasteiger partial charge in [0.15, 0.2) is 0 Å². The second kappa shape index (κ2) is 4.17. The van der Waals surface area contributed by atoms with Crippen LogP contribution in [-0.4, -0.2) is 29.8 Å². The molecular formula is C12H20N2O2. The van der Waals surface area contributed by atoms with Gasteiger partial charge in [0.2, 0.25) is 11.8 Å². The maximum atomic E-state index is 11.8. The summed E-state index contributed by atoms with van der Waals surface area (Å²) in [5, 5.41) is 0. The quantitative estimate of drug-likeness (QED) is 0.722. The summed E-state index contributed by atoms with van der Waals surface area (Å²) < 4.78 is 0. The molecule has 0 unspecified atom stereocenters. The second-order valence-electron chi connectivity index (χ2n) is 5.43. The Kier molecular flexibility index (Phi) is 3.02. The number of carbonyl (C=O) groups is 2. The Morgan fingerprint density at radius 2 is 1.88 bits per heavy atom. The maximum absolute atomic E-state index is 11.8. The van der Waals surface area contributed by atoms with Crippen molar-refractivity contribution in [2.45, 2.75) is 39.0 Å². The van der Waals surface area contributed by atoms with E-state index in [1.165, 1.54) is 4.90 Å². The van der Waals surface area contributed by atoms with E-state index >= 15 is 0 Å². The lowest BCUT2D eigenvalue weighted by molar-refractivity contribution is -0.150. The van der Waals surface area contributed by atoms with Crippen LogP contribution in [0.25, 0.3) is 0 Å². The molecule has 90 valence electrons. The van der Waals surface area contributed by atoms with Crippen molar-refractivity contribution in [3.63, 3.8) is 0 Å². The van der Waals surface area contributed by atoms with Crippen LogP contribution in [0.1, 0.15) is 39.0 Å². The van der Waals surface area contributed by atoms with Crippen LogP contribution in [0.4, 0.5) is 0 Å². The smallest absolute Gasteiger partial charge is 0.229 e. The molecule has 0 bridgehead atoms. The second-order valence-corrected chi connectivity index (χ2v) is 5.43. The maximum Gasteiger partial charge on any atom is 0.229 e. The molecule has 2 amide bonds. The van der Waals surface area contributed by atoms with Crippen molar-refractivity contribution in [2.75, 3.05) is 13.1 Å². The Morgan fingerprint density at radius 1 is 1.31 bits per heavy atom. The number of hydrogen-bond acceptors (Lipinski definition) is 3. The third-order valence-corrected chi connectivity index (χ3v) is 3.77. The molecule has 1 heterocycles. The van der Waals surface area contributed by atoms with E-state index in [1.54, 1.807) is 0 Å². The molecule has 1 aliphatic carbocycles. The first-order valence-electron chi connectivity index (χ1n) is 6.10. The van der Waals surface area contributed by atoms with Gasteiger partial charge in [-0.25, -0.2) is 0 Å². The lowest BCUT2D eigenvalue weighted by Gasteiger charge is -2.31. The third-order valence-electron chi connectivity index (χ3n) is 3.77. The first kappa shape index (κ1) is 11.6. The standard InChI is InChI=1S/C12H20N2O2/c1-9-6-10(15)14(11(16)7-9)8-12(2-3-12)4-5-13/h9H,2-8,13H2,1H3. The van der Waals surface area contributed by atoms with E-state index in [2.05, 4.69) is 0 Å². The summed E-state index contributed by atoms with van der Waals surface area (Å²) in [6, 6.07) is 0. The minimum absolute atomic E-state index is 0.00652. The number of nitrogens with two attached hydrogens (primary N) is 1. The van der Waals surface area contributed by atoms with Crippen LogP contribution in [-0.2, 0) is 9.59 Å². The number of likely N-dealkylation sites (tertiary alicyclic amines) is 1. The Balaban J connectivity index is 1.98. The molecule has 0 aromatic rings. The van der Waals surface area contributed by atoms with Crippen molar-refractivity contribution >= 4 is 11.8 Å². The normalized spacial score (nSPS) is 25.0. The van der Waals surface area contributed by atoms with Gasteiger partial charge in [0, 0.05) is 19.4 Å². The third kappa shape index (κ3) is 2.26. The van der Waals surface area contributed by atoms with Crippen LogP contribution in [0, 0.1) is 11.3 Å². The molecule has 2 fully saturated rings. The van der Waals surface area contributed by atoms with Gasteiger partial charge in [0.1, 0.15) is 0 Å². The fourth-order valence-corrected chi connectivity index (χ4v) is 2.51. The highest BCUT2D eigenvalue weighted by Crippen LogP contribution is 2.49. The van der Waals surface area contributed by atoms with E-state index in [0.29, 0.717) is 25.9 Å². The zero-order valence-electron chi connectivity index (χ0n) is 9.87. The van der Waals surface area contributed by atoms with Gasteiger partial charge in [-0.15, -0.1) is 0 Å². The van der Waals surface area contributed by atoms with Crippen molar-refractivity contribution < 1.29 is 9.59 Å². The number of rotatable bonds is 4. The van der Waals surface area contributed by atoms with Gasteiger partial charge in [-0.05, 0) is 37.1 Å². The summed E-state index contributed by atoms with van der Waals surface area (Å²) in [4.78, 5) is 25.1. The molecule has 0 aromatic heterocycles. The molecule has 1 saturated carbocycles. The van der Waals surface area contributed by atoms with Gasteiger partial charge >= 0.3 is 0 Å². The number of hydrogen-bond donors (Lipinski definition) is 1. The largest absolute Gasteiger partial charge is 0.330 e. The average Bonchev–Trinajstić information content (AvgIpc) is 2.93. The van der Waals surface area contributed by atoms with Gasteiger partial charge in [-0.3, -0.25) is 14.5 Å². The van der Waals surface area contributed by atoms with E-state index < -0.39 is 0 Å². The molecule has 0 atom stereocenters. The van der Waals surface area contributed by atoms with Crippen LogP contribution in [0.15, 0.2) is 0 Å². The van der Waals surface area contributed by atoms with E-state index in [9.17, 15) is 9.59 Å². The van der Waals surface area contributed by atoms with Gasteiger partial charge in [0.25, 0.3) is 0 Å². The summed E-state index contributed by atoms with van der Waals surface area (Å²) in [5.41, 5.74) is 5.73. The number of nitrogens with zero attached hydrogens (tertiary/aromatic N) is 1. The Bertz CT molecular complexity index is 292. The van der Waals surface area contributed by atoms with Crippen LogP contribution in [0.2, 0.25) is 0 Å². The lowest BCUT2D eigenvalue weighted by Crippen LogP contribution is -2.45. The molecule has 16 heavy (non-hydrogen) atoms. The SMILES string of the molecule is CC1CC(=O)N(CC2(CCN)CC2)C(=O)C1. The summed E-state index contributed by atoms with van der Waals surface area (Å²) in [7, 11) is 0. The Hall–Kier alpha value is -0.900. The first-order chi connectivity index (χ1) is 7.56. The van der Waals surface area contributed by atoms with Crippen molar-refractivity contribution in [1.29, 1.82) is 0 Å². The molecule has 4 nitrogen and oxygen atoms in total. The van der Waals surface area contributed by atoms with Gasteiger partial charge in [0.05, 0.1) is 0 Å². The average molecular weight is 224 g/mol. The molecule has 1 aliphatic heterocycles. The van der Waals surface area contributed by atoms with Gasteiger partial charge < -0.3 is 5.73 Å². The van der Waals surface area contributed by atoms with E-state index in [0.717, 1.165) is 19.3 Å². The molecule has 2 rings (SSSR count). The van der Waals surface area contributed by atoms with Crippen LogP contribution in [0.3, 0.4) is 0 Å². The highest BCUT2D eigenvalue weighted by molar-refractivity contribution is 5.97. The molecule has 0 spiro atoms. The zero-order chi connectivity index (χ0) is 11.8. The monoisotopic (exact) mass is 224 g/mol. The Morgan fingerprint density at radius 3 is 2.31 bits per heavy atom. The zero-order valence-corrected chi connectivity index (χ0v) is 9.87. The minimum atomic E-state index is 0.00652. The fraction of sp³-hybridized carbons (Fsp3) is 0.833. The molecule has 0 aromatic carbocycles. The van der Waals surface area contributed by atoms with Crippen LogP contribution < -0.4 is 5.73 Å². The highest BCUT2D eigenvalue weighted by Gasteiger charge is 2.46. The molecule has 2 N–H and O–H groups in total. The topological polar surface area (TPSA) is 63.4 Å². The molecule has 2 aliphatic rings. The predicted molar refractivity (Wildman–Crippen MR) is 60.5 cm³/mol. The number of piperidine rings is 1. The number of amides is 2. The molecule has 1 saturated heterocycles. The van der Waals surface area contributed by atoms with E-state index in [-0.39, 0.29) is 23.1 Å². The number of carbonyl (C=O) groups excluding carboxylic acids is 2. The van der Waals surface area contributed by atoms with E-state index in [4.69, 9.17) is 5.73 Å². The predicted octanol–water partition coefficient (Wildman–Crippen LogP) is 0.901. The summed E-state index contributed by atoms with van der Waals surface area (Å²) in [6.07, 6.45) is 4.18. The summed E-state index contributed by atoms with van der Waals surface area (Å²) in [6.45, 7) is 3.21. The van der Waals surface area contributed by atoms with Crippen molar-refractivity contribution in [3.05, 3.63) is 0 Å². The van der Waals surface area contributed by atoms with Crippen molar-refractivity contribution in [3.8, 4) is 0 Å². The highest BCUT2D eigenvalue weighted by atomic mass is 16.2. The fourth-order valence-electron chi connectivity index (χ4n) is 2.51. The van der Waals surface area contributed by atoms with Crippen LogP contribution >= 0.6 is 0 Å². The van der Waals surface area contributed by atoms with Crippen molar-refractivity contribution in [2.24, 2.45) is 17.1 Å². The number of imide groups is 1. The van der Waals surface area contributed by atoms with Crippen molar-refractivity contribution in [1.82, 2.24) is 4.90 Å². The van der Waals surface area contributed by atoms with Gasteiger partial charge in [-0.1, -0.05) is 6.92 Å². The lowest BCUT2D eigenvalue weighted by atomic mass is 9.95. The Labute approximate surface area is 96.2 Å². The molecular weight excluding hydrogens is 204 g/mol. The summed E-state index contributed by atoms with van der Waals surface area (Å²) in [5.74, 6) is 0.222. The minimum Gasteiger partial charge on any atom is -0.330 e. The van der Waals surface area contributed by atoms with Crippen LogP contribution in [0.5, 0.6) is 0 Å². The van der Waals surface area contributed by atoms with Gasteiger partial charge in [-0.2, -0.15) is 0 Å². The molecule has 4 heteroatoms. The van der Waals surface area contributed by atoms with E-state index in [1.807, 2.05) is 6.92 Å². The first-order valence-corrected chi connectivity index (χ1v) is 6.10.